The normalized spacial score (nSPS) is 12.9. The average Bonchev–Trinajstić information content (AvgIpc) is 3.34. The summed E-state index contributed by atoms with van der Waals surface area (Å²) < 4.78 is 17.3. The highest BCUT2D eigenvalue weighted by Crippen LogP contribution is 2.39. The number of anilines is 1. The number of benzene rings is 1. The zero-order chi connectivity index (χ0) is 17.0. The minimum absolute atomic E-state index is 0.240. The van der Waals surface area contributed by atoms with E-state index in [0.29, 0.717) is 17.5 Å². The number of hydrogen-bond acceptors (Lipinski definition) is 9. The maximum Gasteiger partial charge on any atom is 0.268 e. The monoisotopic (exact) mass is 372 g/mol. The highest BCUT2D eigenvalue weighted by molar-refractivity contribution is 7.30. The molecule has 0 spiro atoms. The molecule has 1 aliphatic heterocycles. The van der Waals surface area contributed by atoms with Crippen LogP contribution in [0, 0.1) is 0 Å². The van der Waals surface area contributed by atoms with E-state index in [0.717, 1.165) is 30.9 Å². The second kappa shape index (κ2) is 5.43. The van der Waals surface area contributed by atoms with Gasteiger partial charge in [-0.2, -0.15) is 4.98 Å². The van der Waals surface area contributed by atoms with Gasteiger partial charge in [0.2, 0.25) is 12.6 Å². The molecule has 3 aromatic heterocycles. The van der Waals surface area contributed by atoms with Crippen molar-refractivity contribution in [3.8, 4) is 33.7 Å². The molecule has 7 nitrogen and oxygen atoms in total. The molecule has 4 heterocycles. The minimum Gasteiger partial charge on any atom is -0.454 e. The highest BCUT2D eigenvalue weighted by atomic mass is 32.1. The first-order chi connectivity index (χ1) is 12.2. The van der Waals surface area contributed by atoms with Crippen LogP contribution in [0.15, 0.2) is 28.8 Å². The van der Waals surface area contributed by atoms with E-state index in [1.54, 1.807) is 22.7 Å². The highest BCUT2D eigenvalue weighted by Gasteiger charge is 2.19. The molecule has 1 aliphatic rings. The number of ether oxygens (including phenoxy) is 2. The zero-order valence-corrected chi connectivity index (χ0v) is 15.0. The first-order valence-electron chi connectivity index (χ1n) is 7.49. The maximum absolute atomic E-state index is 5.44. The van der Waals surface area contributed by atoms with Crippen molar-refractivity contribution >= 4 is 37.3 Å². The number of rotatable bonds is 3. The predicted molar refractivity (Wildman–Crippen MR) is 96.7 cm³/mol. The molecule has 5 rings (SSSR count). The van der Waals surface area contributed by atoms with Gasteiger partial charge in [-0.05, 0) is 24.3 Å². The molecule has 0 aliphatic carbocycles. The number of fused-ring (bicyclic) bond motifs is 2. The van der Waals surface area contributed by atoms with Crippen LogP contribution in [0.25, 0.3) is 31.7 Å². The van der Waals surface area contributed by atoms with Crippen molar-refractivity contribution in [1.82, 2.24) is 15.1 Å². The van der Waals surface area contributed by atoms with Crippen molar-refractivity contribution in [2.45, 2.75) is 0 Å². The van der Waals surface area contributed by atoms with Gasteiger partial charge in [-0.3, -0.25) is 0 Å². The van der Waals surface area contributed by atoms with Crippen molar-refractivity contribution in [1.29, 1.82) is 0 Å². The van der Waals surface area contributed by atoms with Crippen LogP contribution in [-0.4, -0.2) is 36.0 Å². The molecular weight excluding hydrogens is 360 g/mol. The molecule has 126 valence electrons. The molecule has 1 aromatic carbocycles. The van der Waals surface area contributed by atoms with E-state index >= 15 is 0 Å². The van der Waals surface area contributed by atoms with E-state index in [9.17, 15) is 0 Å². The van der Waals surface area contributed by atoms with Gasteiger partial charge in [0.05, 0.1) is 9.58 Å². The Morgan fingerprint density at radius 3 is 2.76 bits per heavy atom. The van der Waals surface area contributed by atoms with Gasteiger partial charge >= 0.3 is 0 Å². The Morgan fingerprint density at radius 1 is 1.04 bits per heavy atom. The number of nitrogens with zero attached hydrogens (tertiary/aromatic N) is 4. The van der Waals surface area contributed by atoms with Gasteiger partial charge in [0.15, 0.2) is 16.6 Å². The van der Waals surface area contributed by atoms with Crippen LogP contribution < -0.4 is 14.4 Å². The Labute approximate surface area is 150 Å². The van der Waals surface area contributed by atoms with E-state index in [4.69, 9.17) is 14.0 Å². The third-order valence-corrected chi connectivity index (χ3v) is 6.04. The summed E-state index contributed by atoms with van der Waals surface area (Å²) in [5.41, 5.74) is 0.825. The lowest BCUT2D eigenvalue weighted by Gasteiger charge is -2.04. The molecule has 0 fully saturated rings. The molecule has 0 saturated carbocycles. The van der Waals surface area contributed by atoms with Gasteiger partial charge in [-0.15, -0.1) is 11.3 Å². The number of thiazole rings is 1. The van der Waals surface area contributed by atoms with Crippen molar-refractivity contribution in [2.24, 2.45) is 0 Å². The van der Waals surface area contributed by atoms with Crippen molar-refractivity contribution in [2.75, 3.05) is 25.8 Å². The molecule has 0 saturated heterocycles. The molecule has 0 unspecified atom stereocenters. The topological polar surface area (TPSA) is 73.5 Å². The Bertz CT molecular complexity index is 1050. The first kappa shape index (κ1) is 14.7. The molecule has 4 aromatic rings. The summed E-state index contributed by atoms with van der Waals surface area (Å²) in [5.74, 6) is 2.44. The Hall–Kier alpha value is -2.65. The lowest BCUT2D eigenvalue weighted by molar-refractivity contribution is 0.174. The Kier molecular flexibility index (Phi) is 3.19. The van der Waals surface area contributed by atoms with E-state index < -0.39 is 0 Å². The third kappa shape index (κ3) is 2.43. The van der Waals surface area contributed by atoms with Crippen molar-refractivity contribution in [3.63, 3.8) is 0 Å². The summed E-state index contributed by atoms with van der Waals surface area (Å²) in [6.07, 6.45) is 0. The SMILES string of the molecule is CN(C)c1nc2sc(-c3nc(-c4ccc5c(c4)OCO5)no3)cc2s1. The van der Waals surface area contributed by atoms with Crippen LogP contribution >= 0.6 is 22.7 Å². The summed E-state index contributed by atoms with van der Waals surface area (Å²) in [6.45, 7) is 0.240. The quantitative estimate of drug-likeness (QED) is 0.540. The van der Waals surface area contributed by atoms with Crippen LogP contribution in [-0.2, 0) is 0 Å². The first-order valence-corrected chi connectivity index (χ1v) is 9.12. The van der Waals surface area contributed by atoms with Gasteiger partial charge in [0.25, 0.3) is 5.89 Å². The van der Waals surface area contributed by atoms with Crippen LogP contribution in [0.2, 0.25) is 0 Å². The summed E-state index contributed by atoms with van der Waals surface area (Å²) in [6, 6.07) is 7.64. The standard InChI is InChI=1S/C16H12N4O3S2/c1-20(2)16-18-15-12(25-16)6-11(24-15)14-17-13(19-23-14)8-3-4-9-10(5-8)22-7-21-9/h3-6H,7H2,1-2H3. The fraction of sp³-hybridized carbons (Fsp3) is 0.188. The predicted octanol–water partition coefficient (Wildman–Crippen LogP) is 3.87. The molecule has 25 heavy (non-hydrogen) atoms. The van der Waals surface area contributed by atoms with Crippen molar-refractivity contribution in [3.05, 3.63) is 24.3 Å². The molecular formula is C16H12N4O3S2. The van der Waals surface area contributed by atoms with E-state index in [1.807, 2.05) is 43.3 Å². The smallest absolute Gasteiger partial charge is 0.268 e. The van der Waals surface area contributed by atoms with E-state index in [-0.39, 0.29) is 6.79 Å². The van der Waals surface area contributed by atoms with Crippen molar-refractivity contribution < 1.29 is 14.0 Å². The molecule has 0 amide bonds. The second-order valence-electron chi connectivity index (χ2n) is 5.66. The summed E-state index contributed by atoms with van der Waals surface area (Å²) in [4.78, 5) is 13.0. The van der Waals surface area contributed by atoms with Gasteiger partial charge in [-0.1, -0.05) is 16.5 Å². The summed E-state index contributed by atoms with van der Waals surface area (Å²) in [7, 11) is 3.97. The van der Waals surface area contributed by atoms with E-state index in [2.05, 4.69) is 15.1 Å². The average molecular weight is 372 g/mol. The summed E-state index contributed by atoms with van der Waals surface area (Å²) >= 11 is 3.19. The Balaban J connectivity index is 1.48. The minimum atomic E-state index is 0.240. The van der Waals surface area contributed by atoms with Gasteiger partial charge in [0, 0.05) is 19.7 Å². The largest absolute Gasteiger partial charge is 0.454 e. The van der Waals surface area contributed by atoms with E-state index in [1.165, 1.54) is 0 Å². The lowest BCUT2D eigenvalue weighted by Crippen LogP contribution is -2.07. The molecule has 9 heteroatoms. The molecule has 0 atom stereocenters. The fourth-order valence-electron chi connectivity index (χ4n) is 2.50. The summed E-state index contributed by atoms with van der Waals surface area (Å²) in [5, 5.41) is 5.07. The molecule has 0 radical (unpaired) electrons. The lowest BCUT2D eigenvalue weighted by atomic mass is 10.2. The second-order valence-corrected chi connectivity index (χ2v) is 7.70. The fourth-order valence-corrected chi connectivity index (χ4v) is 4.55. The molecule has 0 N–H and O–H groups in total. The maximum atomic E-state index is 5.44. The number of thiophene rings is 1. The molecule has 0 bridgehead atoms. The zero-order valence-electron chi connectivity index (χ0n) is 13.3. The van der Waals surface area contributed by atoms with Crippen LogP contribution in [0.3, 0.4) is 0 Å². The van der Waals surface area contributed by atoms with Crippen LogP contribution in [0.1, 0.15) is 0 Å². The number of aromatic nitrogens is 3. The third-order valence-electron chi connectivity index (χ3n) is 3.73. The van der Waals surface area contributed by atoms with Crippen LogP contribution in [0.4, 0.5) is 5.13 Å². The van der Waals surface area contributed by atoms with Gasteiger partial charge in [0.1, 0.15) is 4.83 Å². The number of hydrogen-bond donors (Lipinski definition) is 0. The van der Waals surface area contributed by atoms with Gasteiger partial charge < -0.3 is 18.9 Å². The Morgan fingerprint density at radius 2 is 1.92 bits per heavy atom. The van der Waals surface area contributed by atoms with Crippen LogP contribution in [0.5, 0.6) is 11.5 Å². The van der Waals surface area contributed by atoms with Gasteiger partial charge in [-0.25, -0.2) is 4.98 Å².